The van der Waals surface area contributed by atoms with Crippen molar-refractivity contribution in [2.45, 2.75) is 19.9 Å². The topological polar surface area (TPSA) is 68.5 Å². The first-order valence-corrected chi connectivity index (χ1v) is 6.05. The molecule has 0 aliphatic heterocycles. The number of aromatic nitrogens is 1. The number of carbonyl (C=O) groups is 1. The Hall–Kier alpha value is -2.30. The number of benzene rings is 1. The quantitative estimate of drug-likeness (QED) is 0.914. The van der Waals surface area contributed by atoms with E-state index in [1.807, 2.05) is 6.92 Å². The number of hydrogen-bond acceptors (Lipinski definition) is 3. The smallest absolute Gasteiger partial charge is 0.326 e. The van der Waals surface area contributed by atoms with Gasteiger partial charge in [-0.25, -0.2) is 4.79 Å². The normalized spacial score (nSPS) is 12.3. The molecule has 1 atom stereocenters. The number of carboxylic acids is 1. The molecular weight excluding hydrogens is 246 g/mol. The first-order valence-electron chi connectivity index (χ1n) is 6.05. The molecule has 2 rings (SSSR count). The van der Waals surface area contributed by atoms with Crippen molar-refractivity contribution in [3.63, 3.8) is 0 Å². The van der Waals surface area contributed by atoms with E-state index in [1.54, 1.807) is 24.3 Å². The number of fused-ring (bicyclic) bond motifs is 1. The molecule has 0 fully saturated rings. The largest absolute Gasteiger partial charge is 0.494 e. The van der Waals surface area contributed by atoms with E-state index in [0.717, 1.165) is 5.39 Å². The van der Waals surface area contributed by atoms with Gasteiger partial charge in [0.2, 0.25) is 0 Å². The van der Waals surface area contributed by atoms with Gasteiger partial charge in [0.15, 0.2) is 0 Å². The maximum Gasteiger partial charge on any atom is 0.326 e. The highest BCUT2D eigenvalue weighted by molar-refractivity contribution is 5.83. The molecule has 0 radical (unpaired) electrons. The van der Waals surface area contributed by atoms with Crippen LogP contribution in [0.1, 0.15) is 19.9 Å². The molecule has 2 aromatic rings. The lowest BCUT2D eigenvalue weighted by molar-refractivity contribution is -0.140. The highest BCUT2D eigenvalue weighted by atomic mass is 16.5. The van der Waals surface area contributed by atoms with Crippen LogP contribution in [0, 0.1) is 0 Å². The molecular formula is C14H15NO4. The van der Waals surface area contributed by atoms with E-state index in [4.69, 9.17) is 9.84 Å². The molecule has 1 unspecified atom stereocenters. The van der Waals surface area contributed by atoms with E-state index in [-0.39, 0.29) is 5.56 Å². The molecule has 0 amide bonds. The summed E-state index contributed by atoms with van der Waals surface area (Å²) in [5.41, 5.74) is -0.310. The molecule has 1 aromatic heterocycles. The minimum atomic E-state index is -1.03. The Morgan fingerprint density at radius 2 is 2.16 bits per heavy atom. The maximum atomic E-state index is 12.2. The van der Waals surface area contributed by atoms with Gasteiger partial charge in [0, 0.05) is 11.6 Å². The molecule has 1 N–H and O–H groups in total. The van der Waals surface area contributed by atoms with Crippen LogP contribution < -0.4 is 10.3 Å². The molecule has 0 spiro atoms. The van der Waals surface area contributed by atoms with Crippen molar-refractivity contribution in [2.75, 3.05) is 6.61 Å². The van der Waals surface area contributed by atoms with Crippen LogP contribution in [0.2, 0.25) is 0 Å². The van der Waals surface area contributed by atoms with E-state index in [2.05, 4.69) is 0 Å². The highest BCUT2D eigenvalue weighted by Gasteiger charge is 2.15. The number of ether oxygens (including phenoxy) is 1. The lowest BCUT2D eigenvalue weighted by Crippen LogP contribution is -2.27. The minimum absolute atomic E-state index is 0.310. The number of hydrogen-bond donors (Lipinski definition) is 1. The lowest BCUT2D eigenvalue weighted by atomic mass is 10.1. The molecule has 1 aromatic carbocycles. The first-order chi connectivity index (χ1) is 9.04. The van der Waals surface area contributed by atoms with Crippen LogP contribution in [0.5, 0.6) is 5.75 Å². The van der Waals surface area contributed by atoms with Crippen LogP contribution in [-0.4, -0.2) is 22.2 Å². The van der Waals surface area contributed by atoms with Crippen LogP contribution in [0.15, 0.2) is 35.3 Å². The third-order valence-corrected chi connectivity index (χ3v) is 2.99. The third kappa shape index (κ3) is 2.45. The van der Waals surface area contributed by atoms with Gasteiger partial charge in [-0.05, 0) is 43.5 Å². The van der Waals surface area contributed by atoms with Gasteiger partial charge in [0.25, 0.3) is 5.56 Å². The number of pyridine rings is 1. The van der Waals surface area contributed by atoms with Gasteiger partial charge in [-0.1, -0.05) is 0 Å². The molecule has 5 nitrogen and oxygen atoms in total. The Bertz CT molecular complexity index is 675. The van der Waals surface area contributed by atoms with E-state index < -0.39 is 12.0 Å². The summed E-state index contributed by atoms with van der Waals surface area (Å²) in [6.07, 6.45) is 1.50. The number of carboxylic acid groups (broad SMARTS) is 1. The molecule has 1 heterocycles. The molecule has 0 saturated heterocycles. The van der Waals surface area contributed by atoms with Gasteiger partial charge in [0.05, 0.1) is 6.61 Å². The Morgan fingerprint density at radius 3 is 2.79 bits per heavy atom. The van der Waals surface area contributed by atoms with Gasteiger partial charge >= 0.3 is 5.97 Å². The molecule has 100 valence electrons. The van der Waals surface area contributed by atoms with Crippen molar-refractivity contribution < 1.29 is 14.6 Å². The Balaban J connectivity index is 2.57. The second-order valence-electron chi connectivity index (χ2n) is 4.22. The zero-order valence-corrected chi connectivity index (χ0v) is 10.8. The number of rotatable bonds is 4. The van der Waals surface area contributed by atoms with E-state index in [0.29, 0.717) is 17.7 Å². The molecule has 5 heteroatoms. The standard InChI is InChI=1S/C14H15NO4/c1-3-19-11-4-5-12-10(8-11)6-7-15(13(12)16)9(2)14(17)18/h4-9H,3H2,1-2H3,(H,17,18). The van der Waals surface area contributed by atoms with Crippen molar-refractivity contribution in [3.05, 3.63) is 40.8 Å². The molecule has 0 bridgehead atoms. The average Bonchev–Trinajstić information content (AvgIpc) is 2.38. The second kappa shape index (κ2) is 5.14. The number of nitrogens with zero attached hydrogens (tertiary/aromatic N) is 1. The van der Waals surface area contributed by atoms with Crippen LogP contribution in [-0.2, 0) is 4.79 Å². The van der Waals surface area contributed by atoms with Gasteiger partial charge in [-0.2, -0.15) is 0 Å². The zero-order valence-electron chi connectivity index (χ0n) is 10.8. The predicted molar refractivity (Wildman–Crippen MR) is 71.7 cm³/mol. The Kier molecular flexibility index (Phi) is 3.55. The third-order valence-electron chi connectivity index (χ3n) is 2.99. The first kappa shape index (κ1) is 13.1. The fourth-order valence-corrected chi connectivity index (χ4v) is 1.92. The molecule has 19 heavy (non-hydrogen) atoms. The summed E-state index contributed by atoms with van der Waals surface area (Å²) < 4.78 is 6.58. The summed E-state index contributed by atoms with van der Waals surface area (Å²) in [4.78, 5) is 23.1. The van der Waals surface area contributed by atoms with Crippen molar-refractivity contribution in [1.29, 1.82) is 0 Å². The minimum Gasteiger partial charge on any atom is -0.494 e. The average molecular weight is 261 g/mol. The summed E-state index contributed by atoms with van der Waals surface area (Å²) in [7, 11) is 0. The predicted octanol–water partition coefficient (Wildman–Crippen LogP) is 2.05. The van der Waals surface area contributed by atoms with Gasteiger partial charge in [0.1, 0.15) is 11.8 Å². The van der Waals surface area contributed by atoms with E-state index in [1.165, 1.54) is 17.7 Å². The van der Waals surface area contributed by atoms with Gasteiger partial charge in [-0.3, -0.25) is 4.79 Å². The van der Waals surface area contributed by atoms with E-state index >= 15 is 0 Å². The molecule has 0 saturated carbocycles. The van der Waals surface area contributed by atoms with Crippen molar-refractivity contribution in [1.82, 2.24) is 4.57 Å². The van der Waals surface area contributed by atoms with Crippen LogP contribution in [0.3, 0.4) is 0 Å². The molecule has 0 aliphatic carbocycles. The van der Waals surface area contributed by atoms with Crippen LogP contribution in [0.25, 0.3) is 10.8 Å². The lowest BCUT2D eigenvalue weighted by Gasteiger charge is -2.12. The maximum absolute atomic E-state index is 12.2. The number of aliphatic carboxylic acids is 1. The highest BCUT2D eigenvalue weighted by Crippen LogP contribution is 2.19. The van der Waals surface area contributed by atoms with Crippen molar-refractivity contribution >= 4 is 16.7 Å². The SMILES string of the molecule is CCOc1ccc2c(=O)n(C(C)C(=O)O)ccc2c1. The summed E-state index contributed by atoms with van der Waals surface area (Å²) in [6.45, 7) is 3.92. The summed E-state index contributed by atoms with van der Waals surface area (Å²) in [5, 5.41) is 10.2. The van der Waals surface area contributed by atoms with E-state index in [9.17, 15) is 9.59 Å². The zero-order chi connectivity index (χ0) is 14.0. The van der Waals surface area contributed by atoms with Crippen molar-refractivity contribution in [3.8, 4) is 5.75 Å². The van der Waals surface area contributed by atoms with Crippen LogP contribution >= 0.6 is 0 Å². The van der Waals surface area contributed by atoms with Gasteiger partial charge < -0.3 is 14.4 Å². The Labute approximate surface area is 110 Å². The summed E-state index contributed by atoms with van der Waals surface area (Å²) >= 11 is 0. The molecule has 0 aliphatic rings. The monoisotopic (exact) mass is 261 g/mol. The van der Waals surface area contributed by atoms with Crippen molar-refractivity contribution in [2.24, 2.45) is 0 Å². The fourth-order valence-electron chi connectivity index (χ4n) is 1.92. The van der Waals surface area contributed by atoms with Crippen LogP contribution in [0.4, 0.5) is 0 Å². The Morgan fingerprint density at radius 1 is 1.42 bits per heavy atom. The fraction of sp³-hybridized carbons (Fsp3) is 0.286. The summed E-state index contributed by atoms with van der Waals surface area (Å²) in [6, 6.07) is 5.98. The second-order valence-corrected chi connectivity index (χ2v) is 4.22. The summed E-state index contributed by atoms with van der Waals surface area (Å²) in [5.74, 6) is -0.342. The van der Waals surface area contributed by atoms with Gasteiger partial charge in [-0.15, -0.1) is 0 Å².